The minimum Gasteiger partial charge on any atom is -0.506 e. The van der Waals surface area contributed by atoms with Gasteiger partial charge < -0.3 is 14.8 Å². The van der Waals surface area contributed by atoms with Gasteiger partial charge in [0, 0.05) is 29.0 Å². The standard InChI is InChI=1S/C18H12ClN3O3S2/c19-13-7-12-10(6-16(24)25-15(12)8-14(13)23)9-26-18-22-21-17(27-18)20-11-4-2-1-3-5-11/h1-8,23H,9H2,(H,20,21). The van der Waals surface area contributed by atoms with Gasteiger partial charge in [0.15, 0.2) is 4.34 Å². The van der Waals surface area contributed by atoms with Crippen LogP contribution in [0.4, 0.5) is 10.8 Å². The second-order valence-corrected chi connectivity index (χ2v) is 8.15. The Morgan fingerprint density at radius 3 is 2.81 bits per heavy atom. The van der Waals surface area contributed by atoms with Gasteiger partial charge in [-0.1, -0.05) is 52.9 Å². The summed E-state index contributed by atoms with van der Waals surface area (Å²) in [5.41, 5.74) is 1.50. The van der Waals surface area contributed by atoms with Crippen molar-refractivity contribution in [3.63, 3.8) is 0 Å². The van der Waals surface area contributed by atoms with Gasteiger partial charge in [-0.3, -0.25) is 0 Å². The van der Waals surface area contributed by atoms with Crippen LogP contribution in [0.25, 0.3) is 11.0 Å². The molecule has 27 heavy (non-hydrogen) atoms. The molecular weight excluding hydrogens is 406 g/mol. The van der Waals surface area contributed by atoms with Crippen molar-refractivity contribution in [2.75, 3.05) is 5.32 Å². The van der Waals surface area contributed by atoms with Crippen LogP contribution in [0.5, 0.6) is 5.75 Å². The number of hydrogen-bond donors (Lipinski definition) is 2. The van der Waals surface area contributed by atoms with Crippen molar-refractivity contribution in [3.05, 3.63) is 69.5 Å². The third kappa shape index (κ3) is 4.08. The van der Waals surface area contributed by atoms with E-state index < -0.39 is 5.63 Å². The van der Waals surface area contributed by atoms with E-state index in [1.54, 1.807) is 6.07 Å². The Bertz CT molecular complexity index is 1160. The number of benzene rings is 2. The van der Waals surface area contributed by atoms with E-state index in [1.807, 2.05) is 30.3 Å². The van der Waals surface area contributed by atoms with E-state index in [0.717, 1.165) is 15.6 Å². The first-order valence-electron chi connectivity index (χ1n) is 7.82. The Kier molecular flexibility index (Phi) is 5.02. The lowest BCUT2D eigenvalue weighted by molar-refractivity contribution is 0.473. The quantitative estimate of drug-likeness (QED) is 0.347. The molecule has 0 aliphatic rings. The molecule has 2 heterocycles. The Labute approximate surface area is 166 Å². The Morgan fingerprint density at radius 2 is 2.00 bits per heavy atom. The Morgan fingerprint density at radius 1 is 1.19 bits per heavy atom. The van der Waals surface area contributed by atoms with E-state index in [9.17, 15) is 9.90 Å². The molecule has 2 aromatic heterocycles. The van der Waals surface area contributed by atoms with Gasteiger partial charge in [0.05, 0.1) is 5.02 Å². The molecule has 0 saturated heterocycles. The van der Waals surface area contributed by atoms with Crippen LogP contribution >= 0.6 is 34.7 Å². The predicted octanol–water partition coefficient (Wildman–Crippen LogP) is 5.04. The highest BCUT2D eigenvalue weighted by Gasteiger charge is 2.12. The van der Waals surface area contributed by atoms with Crippen LogP contribution in [-0.4, -0.2) is 15.3 Å². The lowest BCUT2D eigenvalue weighted by Crippen LogP contribution is -1.99. The number of thioether (sulfide) groups is 1. The zero-order valence-electron chi connectivity index (χ0n) is 13.7. The third-order valence-corrected chi connectivity index (χ3v) is 6.00. The van der Waals surface area contributed by atoms with Gasteiger partial charge in [0.2, 0.25) is 5.13 Å². The molecule has 2 N–H and O–H groups in total. The number of anilines is 2. The van der Waals surface area contributed by atoms with Gasteiger partial charge in [0.1, 0.15) is 11.3 Å². The number of aromatic hydroxyl groups is 1. The van der Waals surface area contributed by atoms with Crippen LogP contribution in [0, 0.1) is 0 Å². The van der Waals surface area contributed by atoms with Gasteiger partial charge >= 0.3 is 5.63 Å². The smallest absolute Gasteiger partial charge is 0.336 e. The minimum atomic E-state index is -0.483. The molecule has 0 unspecified atom stereocenters. The summed E-state index contributed by atoms with van der Waals surface area (Å²) in [6, 6.07) is 14.1. The fourth-order valence-electron chi connectivity index (χ4n) is 2.46. The summed E-state index contributed by atoms with van der Waals surface area (Å²) in [5.74, 6) is 0.362. The van der Waals surface area contributed by atoms with E-state index in [0.29, 0.717) is 21.9 Å². The van der Waals surface area contributed by atoms with Gasteiger partial charge in [-0.25, -0.2) is 4.79 Å². The largest absolute Gasteiger partial charge is 0.506 e. The Balaban J connectivity index is 1.54. The Hall–Kier alpha value is -2.55. The average Bonchev–Trinajstić information content (AvgIpc) is 3.09. The fraction of sp³-hybridized carbons (Fsp3) is 0.0556. The van der Waals surface area contributed by atoms with Crippen molar-refractivity contribution in [1.82, 2.24) is 10.2 Å². The third-order valence-electron chi connectivity index (χ3n) is 3.68. The summed E-state index contributed by atoms with van der Waals surface area (Å²) < 4.78 is 5.91. The lowest BCUT2D eigenvalue weighted by Gasteiger charge is -2.05. The summed E-state index contributed by atoms with van der Waals surface area (Å²) in [4.78, 5) is 11.8. The molecule has 0 spiro atoms. The highest BCUT2D eigenvalue weighted by atomic mass is 35.5. The molecule has 6 nitrogen and oxygen atoms in total. The molecule has 2 aromatic carbocycles. The predicted molar refractivity (Wildman–Crippen MR) is 108 cm³/mol. The lowest BCUT2D eigenvalue weighted by atomic mass is 10.1. The van der Waals surface area contributed by atoms with E-state index in [4.69, 9.17) is 16.0 Å². The van der Waals surface area contributed by atoms with E-state index >= 15 is 0 Å². The number of rotatable bonds is 5. The first-order valence-corrected chi connectivity index (χ1v) is 10.00. The summed E-state index contributed by atoms with van der Waals surface area (Å²) in [6.07, 6.45) is 0. The van der Waals surface area contributed by atoms with Crippen molar-refractivity contribution in [1.29, 1.82) is 0 Å². The average molecular weight is 418 g/mol. The number of nitrogens with one attached hydrogen (secondary N) is 1. The number of hydrogen-bond acceptors (Lipinski definition) is 8. The minimum absolute atomic E-state index is 0.127. The summed E-state index contributed by atoms with van der Waals surface area (Å²) in [7, 11) is 0. The molecule has 9 heteroatoms. The molecule has 0 saturated carbocycles. The molecule has 0 aliphatic carbocycles. The van der Waals surface area contributed by atoms with Gasteiger partial charge in [0.25, 0.3) is 0 Å². The van der Waals surface area contributed by atoms with Crippen molar-refractivity contribution in [2.24, 2.45) is 0 Å². The molecular formula is C18H12ClN3O3S2. The number of para-hydroxylation sites is 1. The molecule has 0 atom stereocenters. The van der Waals surface area contributed by atoms with E-state index in [1.165, 1.54) is 35.2 Å². The van der Waals surface area contributed by atoms with Crippen molar-refractivity contribution in [3.8, 4) is 5.75 Å². The maximum absolute atomic E-state index is 11.8. The molecule has 0 fully saturated rings. The number of phenolic OH excluding ortho intramolecular Hbond substituents is 1. The maximum Gasteiger partial charge on any atom is 0.336 e. The molecule has 0 bridgehead atoms. The van der Waals surface area contributed by atoms with Crippen LogP contribution in [0.3, 0.4) is 0 Å². The maximum atomic E-state index is 11.8. The van der Waals surface area contributed by atoms with E-state index in [2.05, 4.69) is 15.5 Å². The summed E-state index contributed by atoms with van der Waals surface area (Å²) >= 11 is 8.87. The monoisotopic (exact) mass is 417 g/mol. The number of halogens is 1. The van der Waals surface area contributed by atoms with Crippen molar-refractivity contribution in [2.45, 2.75) is 10.1 Å². The molecule has 0 radical (unpaired) electrons. The van der Waals surface area contributed by atoms with Crippen LogP contribution in [-0.2, 0) is 5.75 Å². The fourth-order valence-corrected chi connectivity index (χ4v) is 4.39. The van der Waals surface area contributed by atoms with Crippen molar-refractivity contribution < 1.29 is 9.52 Å². The van der Waals surface area contributed by atoms with Gasteiger partial charge in [-0.2, -0.15) is 0 Å². The van der Waals surface area contributed by atoms with Crippen LogP contribution in [0.1, 0.15) is 5.56 Å². The molecule has 4 aromatic rings. The van der Waals surface area contributed by atoms with Crippen molar-refractivity contribution >= 4 is 56.5 Å². The van der Waals surface area contributed by atoms with Crippen LogP contribution in [0.2, 0.25) is 5.02 Å². The zero-order chi connectivity index (χ0) is 18.8. The first kappa shape index (κ1) is 17.8. The van der Waals surface area contributed by atoms with Crippen LogP contribution in [0.15, 0.2) is 62.1 Å². The SMILES string of the molecule is O=c1cc(CSc2nnc(Nc3ccccc3)s2)c2cc(Cl)c(O)cc2o1. The molecule has 0 amide bonds. The topological polar surface area (TPSA) is 88.2 Å². The van der Waals surface area contributed by atoms with Crippen LogP contribution < -0.4 is 10.9 Å². The highest BCUT2D eigenvalue weighted by Crippen LogP contribution is 2.34. The number of phenols is 1. The zero-order valence-corrected chi connectivity index (χ0v) is 16.1. The highest BCUT2D eigenvalue weighted by molar-refractivity contribution is 8.00. The van der Waals surface area contributed by atoms with Gasteiger partial charge in [-0.15, -0.1) is 10.2 Å². The second-order valence-electron chi connectivity index (χ2n) is 5.54. The summed E-state index contributed by atoms with van der Waals surface area (Å²) in [6.45, 7) is 0. The molecule has 0 aliphatic heterocycles. The molecule has 136 valence electrons. The number of nitrogens with zero attached hydrogens (tertiary/aromatic N) is 2. The molecule has 4 rings (SSSR count). The van der Waals surface area contributed by atoms with E-state index in [-0.39, 0.29) is 10.8 Å². The second kappa shape index (κ2) is 7.59. The number of fused-ring (bicyclic) bond motifs is 1. The summed E-state index contributed by atoms with van der Waals surface area (Å²) in [5, 5.41) is 22.8. The first-order chi connectivity index (χ1) is 13.1. The number of aromatic nitrogens is 2. The normalized spacial score (nSPS) is 11.0. The van der Waals surface area contributed by atoms with Gasteiger partial charge in [-0.05, 0) is 23.8 Å².